The highest BCUT2D eigenvalue weighted by Crippen LogP contribution is 2.28. The third kappa shape index (κ3) is 2.21. The first-order valence-corrected chi connectivity index (χ1v) is 3.60. The molecule has 0 atom stereocenters. The van der Waals surface area contributed by atoms with Crippen LogP contribution in [0.3, 0.4) is 0 Å². The number of aromatic carboxylic acids is 1. The lowest BCUT2D eigenvalue weighted by atomic mass is 10.2. The number of nitrogens with zero attached hydrogens (tertiary/aromatic N) is 1. The average molecular weight is 205 g/mol. The van der Waals surface area contributed by atoms with Crippen molar-refractivity contribution in [2.24, 2.45) is 0 Å². The predicted octanol–water partition coefficient (Wildman–Crippen LogP) is 2.11. The van der Waals surface area contributed by atoms with Crippen LogP contribution in [0, 0.1) is 6.92 Å². The maximum atomic E-state index is 12.2. The van der Waals surface area contributed by atoms with Gasteiger partial charge in [0.15, 0.2) is 0 Å². The van der Waals surface area contributed by atoms with E-state index in [0.29, 0.717) is 6.07 Å². The Morgan fingerprint density at radius 3 is 2.43 bits per heavy atom. The number of aromatic nitrogens is 1. The molecule has 0 aliphatic carbocycles. The van der Waals surface area contributed by atoms with Gasteiger partial charge in [-0.3, -0.25) is 0 Å². The Kier molecular flexibility index (Phi) is 2.46. The zero-order chi connectivity index (χ0) is 10.9. The Morgan fingerprint density at radius 1 is 1.43 bits per heavy atom. The fraction of sp³-hybridized carbons (Fsp3) is 0.250. The molecule has 0 bridgehead atoms. The molecule has 0 aliphatic rings. The van der Waals surface area contributed by atoms with E-state index in [1.165, 1.54) is 6.92 Å². The van der Waals surface area contributed by atoms with Crippen molar-refractivity contribution in [2.75, 3.05) is 0 Å². The molecular formula is C8H6F3NO2. The van der Waals surface area contributed by atoms with Crippen molar-refractivity contribution in [2.45, 2.75) is 13.1 Å². The van der Waals surface area contributed by atoms with Crippen molar-refractivity contribution < 1.29 is 23.1 Å². The average Bonchev–Trinajstić information content (AvgIpc) is 2.01. The van der Waals surface area contributed by atoms with Crippen LogP contribution in [0.1, 0.15) is 21.7 Å². The molecule has 1 aromatic rings. The van der Waals surface area contributed by atoms with Crippen molar-refractivity contribution in [3.63, 3.8) is 0 Å². The molecule has 1 heterocycles. The summed E-state index contributed by atoms with van der Waals surface area (Å²) in [4.78, 5) is 13.6. The standard InChI is InChI=1S/C8H6F3NO2/c1-4-2-5(7(13)14)3-6(12-4)8(9,10)11/h2-3H,1H3,(H,13,14). The molecule has 76 valence electrons. The van der Waals surface area contributed by atoms with E-state index < -0.39 is 23.4 Å². The maximum absolute atomic E-state index is 12.2. The van der Waals surface area contributed by atoms with Crippen LogP contribution in [0.2, 0.25) is 0 Å². The molecule has 0 unspecified atom stereocenters. The minimum absolute atomic E-state index is 0.0252. The molecule has 0 fully saturated rings. The molecule has 1 N–H and O–H groups in total. The van der Waals surface area contributed by atoms with E-state index in [4.69, 9.17) is 5.11 Å². The zero-order valence-electron chi connectivity index (χ0n) is 7.09. The Labute approximate surface area is 77.2 Å². The highest BCUT2D eigenvalue weighted by atomic mass is 19.4. The second kappa shape index (κ2) is 3.28. The second-order valence-corrected chi connectivity index (χ2v) is 2.69. The molecule has 0 aromatic carbocycles. The summed E-state index contributed by atoms with van der Waals surface area (Å²) in [5, 5.41) is 8.50. The highest BCUT2D eigenvalue weighted by molar-refractivity contribution is 5.87. The summed E-state index contributed by atoms with van der Waals surface area (Å²) in [5.41, 5.74) is -1.57. The Hall–Kier alpha value is -1.59. The molecule has 0 aliphatic heterocycles. The first kappa shape index (κ1) is 10.5. The highest BCUT2D eigenvalue weighted by Gasteiger charge is 2.33. The Bertz CT molecular complexity index is 373. The summed E-state index contributed by atoms with van der Waals surface area (Å²) in [6.45, 7) is 1.31. The molecule has 6 heteroatoms. The number of carbonyl (C=O) groups is 1. The minimum Gasteiger partial charge on any atom is -0.478 e. The SMILES string of the molecule is Cc1cc(C(=O)O)cc(C(F)(F)F)n1. The van der Waals surface area contributed by atoms with E-state index in [0.717, 1.165) is 6.07 Å². The van der Waals surface area contributed by atoms with E-state index in [1.807, 2.05) is 0 Å². The summed E-state index contributed by atoms with van der Waals surface area (Å²) < 4.78 is 36.5. The molecule has 14 heavy (non-hydrogen) atoms. The van der Waals surface area contributed by atoms with Crippen LogP contribution in [0.5, 0.6) is 0 Å². The van der Waals surface area contributed by atoms with Gasteiger partial charge in [-0.2, -0.15) is 13.2 Å². The lowest BCUT2D eigenvalue weighted by Gasteiger charge is -2.07. The molecule has 0 radical (unpaired) electrons. The van der Waals surface area contributed by atoms with Gasteiger partial charge in [-0.1, -0.05) is 0 Å². The summed E-state index contributed by atoms with van der Waals surface area (Å²) in [6, 6.07) is 1.59. The monoisotopic (exact) mass is 205 g/mol. The van der Waals surface area contributed by atoms with E-state index in [2.05, 4.69) is 4.98 Å². The van der Waals surface area contributed by atoms with Crippen molar-refractivity contribution in [1.82, 2.24) is 4.98 Å². The topological polar surface area (TPSA) is 50.2 Å². The van der Waals surface area contributed by atoms with Crippen LogP contribution in [-0.4, -0.2) is 16.1 Å². The summed E-state index contributed by atoms with van der Waals surface area (Å²) in [6.07, 6.45) is -4.61. The third-order valence-electron chi connectivity index (χ3n) is 1.49. The Balaban J connectivity index is 3.28. The first-order valence-electron chi connectivity index (χ1n) is 3.60. The van der Waals surface area contributed by atoms with Gasteiger partial charge >= 0.3 is 12.1 Å². The van der Waals surface area contributed by atoms with Crippen LogP contribution in [-0.2, 0) is 6.18 Å². The fourth-order valence-electron chi connectivity index (χ4n) is 0.937. The Morgan fingerprint density at radius 2 is 2.00 bits per heavy atom. The molecule has 0 spiro atoms. The van der Waals surface area contributed by atoms with Gasteiger partial charge in [-0.15, -0.1) is 0 Å². The molecule has 1 rings (SSSR count). The summed E-state index contributed by atoms with van der Waals surface area (Å²) >= 11 is 0. The number of aryl methyl sites for hydroxylation is 1. The number of hydrogen-bond donors (Lipinski definition) is 1. The van der Waals surface area contributed by atoms with Gasteiger partial charge in [0.1, 0.15) is 5.69 Å². The van der Waals surface area contributed by atoms with Gasteiger partial charge in [0.25, 0.3) is 0 Å². The number of rotatable bonds is 1. The van der Waals surface area contributed by atoms with Gasteiger partial charge in [0.05, 0.1) is 5.56 Å². The number of carboxylic acid groups (broad SMARTS) is 1. The molecule has 3 nitrogen and oxygen atoms in total. The summed E-state index contributed by atoms with van der Waals surface area (Å²) in [7, 11) is 0. The smallest absolute Gasteiger partial charge is 0.433 e. The lowest BCUT2D eigenvalue weighted by Crippen LogP contribution is -2.11. The predicted molar refractivity (Wildman–Crippen MR) is 40.9 cm³/mol. The number of hydrogen-bond acceptors (Lipinski definition) is 2. The molecule has 0 saturated heterocycles. The van der Waals surface area contributed by atoms with E-state index in [1.54, 1.807) is 0 Å². The molecule has 0 amide bonds. The number of carboxylic acids is 1. The lowest BCUT2D eigenvalue weighted by molar-refractivity contribution is -0.141. The van der Waals surface area contributed by atoms with Crippen molar-refractivity contribution in [3.05, 3.63) is 29.1 Å². The summed E-state index contributed by atoms with van der Waals surface area (Å²) in [5.74, 6) is -1.40. The van der Waals surface area contributed by atoms with Crippen LogP contribution in [0.4, 0.5) is 13.2 Å². The largest absolute Gasteiger partial charge is 0.478 e. The van der Waals surface area contributed by atoms with Gasteiger partial charge in [0.2, 0.25) is 0 Å². The quantitative estimate of drug-likeness (QED) is 0.763. The molecular weight excluding hydrogens is 199 g/mol. The first-order chi connectivity index (χ1) is 6.30. The van der Waals surface area contributed by atoms with Crippen molar-refractivity contribution in [1.29, 1.82) is 0 Å². The van der Waals surface area contributed by atoms with Gasteiger partial charge in [-0.05, 0) is 19.1 Å². The van der Waals surface area contributed by atoms with Crippen LogP contribution in [0.25, 0.3) is 0 Å². The number of halogens is 3. The van der Waals surface area contributed by atoms with Crippen molar-refractivity contribution >= 4 is 5.97 Å². The van der Waals surface area contributed by atoms with E-state index in [9.17, 15) is 18.0 Å². The third-order valence-corrected chi connectivity index (χ3v) is 1.49. The number of pyridine rings is 1. The van der Waals surface area contributed by atoms with Crippen LogP contribution >= 0.6 is 0 Å². The van der Waals surface area contributed by atoms with Gasteiger partial charge in [-0.25, -0.2) is 9.78 Å². The normalized spacial score (nSPS) is 11.4. The maximum Gasteiger partial charge on any atom is 0.433 e. The molecule has 1 aromatic heterocycles. The molecule has 0 saturated carbocycles. The van der Waals surface area contributed by atoms with Crippen molar-refractivity contribution in [3.8, 4) is 0 Å². The van der Waals surface area contributed by atoms with Crippen LogP contribution in [0.15, 0.2) is 12.1 Å². The zero-order valence-corrected chi connectivity index (χ0v) is 7.09. The van der Waals surface area contributed by atoms with E-state index >= 15 is 0 Å². The number of alkyl halides is 3. The van der Waals surface area contributed by atoms with Gasteiger partial charge < -0.3 is 5.11 Å². The van der Waals surface area contributed by atoms with Crippen LogP contribution < -0.4 is 0 Å². The van der Waals surface area contributed by atoms with Gasteiger partial charge in [0, 0.05) is 5.69 Å². The minimum atomic E-state index is -4.61. The van der Waals surface area contributed by atoms with E-state index in [-0.39, 0.29) is 5.69 Å². The fourth-order valence-corrected chi connectivity index (χ4v) is 0.937. The second-order valence-electron chi connectivity index (χ2n) is 2.69.